The molecule has 1 aliphatic rings. The standard InChI is InChI=1S/C21H22N4O4S2/c1-12-6-8-13(9-7-12)29-10-16-22-21(25-24-16)30-11-17(26)23-19-18(20(27)28-2)14-4-3-5-15(14)31-19/h6-9H,3-5,10-11H2,1-2H3,(H,23,26)(H,22,24,25). The second-order valence-electron chi connectivity index (χ2n) is 7.06. The maximum absolute atomic E-state index is 12.5. The van der Waals surface area contributed by atoms with Crippen molar-refractivity contribution in [3.05, 3.63) is 51.7 Å². The Morgan fingerprint density at radius 1 is 1.26 bits per heavy atom. The van der Waals surface area contributed by atoms with Crippen LogP contribution in [0.5, 0.6) is 5.75 Å². The number of aromatic amines is 1. The number of H-pyrrole nitrogens is 1. The van der Waals surface area contributed by atoms with Crippen molar-refractivity contribution in [2.24, 2.45) is 0 Å². The molecule has 31 heavy (non-hydrogen) atoms. The Morgan fingerprint density at radius 3 is 2.84 bits per heavy atom. The number of aryl methyl sites for hydroxylation is 2. The molecular weight excluding hydrogens is 436 g/mol. The Hall–Kier alpha value is -2.85. The minimum atomic E-state index is -0.408. The SMILES string of the molecule is COC(=O)c1c(NC(=O)CSc2n[nH]c(COc3ccc(C)cc3)n2)sc2c1CCC2. The molecule has 8 nitrogen and oxygen atoms in total. The second kappa shape index (κ2) is 9.52. The molecule has 0 spiro atoms. The minimum absolute atomic E-state index is 0.124. The highest BCUT2D eigenvalue weighted by Crippen LogP contribution is 2.39. The highest BCUT2D eigenvalue weighted by atomic mass is 32.2. The van der Waals surface area contributed by atoms with Gasteiger partial charge in [-0.1, -0.05) is 29.5 Å². The van der Waals surface area contributed by atoms with Gasteiger partial charge in [0.2, 0.25) is 11.1 Å². The van der Waals surface area contributed by atoms with E-state index in [1.165, 1.54) is 30.2 Å². The van der Waals surface area contributed by atoms with Gasteiger partial charge in [-0.05, 0) is 43.9 Å². The predicted molar refractivity (Wildman–Crippen MR) is 119 cm³/mol. The molecule has 162 valence electrons. The van der Waals surface area contributed by atoms with Crippen molar-refractivity contribution in [2.75, 3.05) is 18.2 Å². The highest BCUT2D eigenvalue weighted by molar-refractivity contribution is 7.99. The molecule has 0 bridgehead atoms. The fourth-order valence-electron chi connectivity index (χ4n) is 3.30. The van der Waals surface area contributed by atoms with Gasteiger partial charge in [-0.15, -0.1) is 16.4 Å². The molecular formula is C21H22N4O4S2. The number of hydrogen-bond acceptors (Lipinski definition) is 8. The van der Waals surface area contributed by atoms with E-state index >= 15 is 0 Å². The van der Waals surface area contributed by atoms with Gasteiger partial charge in [0, 0.05) is 4.88 Å². The smallest absolute Gasteiger partial charge is 0.341 e. The van der Waals surface area contributed by atoms with Crippen LogP contribution < -0.4 is 10.1 Å². The van der Waals surface area contributed by atoms with Crippen LogP contribution in [0.3, 0.4) is 0 Å². The third-order valence-electron chi connectivity index (χ3n) is 4.80. The molecule has 3 aromatic rings. The highest BCUT2D eigenvalue weighted by Gasteiger charge is 2.28. The number of esters is 1. The van der Waals surface area contributed by atoms with E-state index < -0.39 is 5.97 Å². The molecule has 1 amide bonds. The molecule has 0 radical (unpaired) electrons. The number of carbonyl (C=O) groups excluding carboxylic acids is 2. The van der Waals surface area contributed by atoms with Crippen molar-refractivity contribution in [2.45, 2.75) is 37.9 Å². The first kappa shape index (κ1) is 21.4. The van der Waals surface area contributed by atoms with Crippen molar-refractivity contribution in [3.63, 3.8) is 0 Å². The number of aromatic nitrogens is 3. The van der Waals surface area contributed by atoms with Gasteiger partial charge in [-0.3, -0.25) is 9.89 Å². The number of anilines is 1. The molecule has 2 aromatic heterocycles. The summed E-state index contributed by atoms with van der Waals surface area (Å²) in [4.78, 5) is 30.1. The first-order chi connectivity index (χ1) is 15.0. The lowest BCUT2D eigenvalue weighted by atomic mass is 10.1. The van der Waals surface area contributed by atoms with Crippen molar-refractivity contribution in [1.29, 1.82) is 0 Å². The van der Waals surface area contributed by atoms with Crippen molar-refractivity contribution < 1.29 is 19.1 Å². The number of ether oxygens (including phenoxy) is 2. The molecule has 2 heterocycles. The molecule has 1 aromatic carbocycles. The van der Waals surface area contributed by atoms with Crippen LogP contribution in [0.4, 0.5) is 5.00 Å². The Balaban J connectivity index is 1.31. The fraction of sp³-hybridized carbons (Fsp3) is 0.333. The zero-order valence-electron chi connectivity index (χ0n) is 17.2. The first-order valence-electron chi connectivity index (χ1n) is 9.79. The second-order valence-corrected chi connectivity index (χ2v) is 9.10. The lowest BCUT2D eigenvalue weighted by molar-refractivity contribution is -0.113. The number of carbonyl (C=O) groups is 2. The topological polar surface area (TPSA) is 106 Å². The van der Waals surface area contributed by atoms with Crippen LogP contribution in [0.2, 0.25) is 0 Å². The van der Waals surface area contributed by atoms with Crippen molar-refractivity contribution in [1.82, 2.24) is 15.2 Å². The van der Waals surface area contributed by atoms with E-state index in [-0.39, 0.29) is 18.3 Å². The van der Waals surface area contributed by atoms with E-state index in [1.807, 2.05) is 31.2 Å². The maximum atomic E-state index is 12.5. The molecule has 1 aliphatic carbocycles. The molecule has 2 N–H and O–H groups in total. The largest absolute Gasteiger partial charge is 0.486 e. The van der Waals surface area contributed by atoms with Crippen LogP contribution in [0.15, 0.2) is 29.4 Å². The van der Waals surface area contributed by atoms with Gasteiger partial charge < -0.3 is 14.8 Å². The molecule has 4 rings (SSSR count). The van der Waals surface area contributed by atoms with E-state index in [0.29, 0.717) is 21.5 Å². The summed E-state index contributed by atoms with van der Waals surface area (Å²) in [7, 11) is 1.35. The lowest BCUT2D eigenvalue weighted by Crippen LogP contribution is -2.16. The Kier molecular flexibility index (Phi) is 6.57. The number of hydrogen-bond donors (Lipinski definition) is 2. The van der Waals surface area contributed by atoms with Crippen molar-refractivity contribution >= 4 is 40.0 Å². The number of amides is 1. The van der Waals surface area contributed by atoms with Gasteiger partial charge in [0.25, 0.3) is 0 Å². The maximum Gasteiger partial charge on any atom is 0.341 e. The fourth-order valence-corrected chi connectivity index (χ4v) is 5.21. The zero-order chi connectivity index (χ0) is 21.8. The summed E-state index contributed by atoms with van der Waals surface area (Å²) in [5.74, 6) is 0.817. The Bertz CT molecular complexity index is 1090. The van der Waals surface area contributed by atoms with Gasteiger partial charge in [0.05, 0.1) is 18.4 Å². The number of thioether (sulfide) groups is 1. The normalized spacial score (nSPS) is 12.5. The van der Waals surface area contributed by atoms with E-state index in [4.69, 9.17) is 9.47 Å². The van der Waals surface area contributed by atoms with Gasteiger partial charge in [0.1, 0.15) is 17.4 Å². The molecule has 0 unspecified atom stereocenters. The minimum Gasteiger partial charge on any atom is -0.486 e. The average molecular weight is 459 g/mol. The van der Waals surface area contributed by atoms with Crippen LogP contribution in [0.25, 0.3) is 0 Å². The van der Waals surface area contributed by atoms with E-state index in [1.54, 1.807) is 0 Å². The number of rotatable bonds is 8. The number of thiophene rings is 1. The molecule has 0 saturated carbocycles. The van der Waals surface area contributed by atoms with Crippen LogP contribution in [-0.4, -0.2) is 39.9 Å². The summed E-state index contributed by atoms with van der Waals surface area (Å²) >= 11 is 2.67. The Morgan fingerprint density at radius 2 is 2.06 bits per heavy atom. The van der Waals surface area contributed by atoms with Crippen molar-refractivity contribution in [3.8, 4) is 5.75 Å². The summed E-state index contributed by atoms with van der Waals surface area (Å²) in [5.41, 5.74) is 2.66. The van der Waals surface area contributed by atoms with Gasteiger partial charge in [-0.2, -0.15) is 0 Å². The summed E-state index contributed by atoms with van der Waals surface area (Å²) in [6, 6.07) is 7.75. The van der Waals surface area contributed by atoms with Crippen LogP contribution in [0.1, 0.15) is 38.6 Å². The summed E-state index contributed by atoms with van der Waals surface area (Å²) in [5, 5.41) is 10.8. The van der Waals surface area contributed by atoms with E-state index in [9.17, 15) is 9.59 Å². The van der Waals surface area contributed by atoms with Crippen LogP contribution in [-0.2, 0) is 29.0 Å². The van der Waals surface area contributed by atoms with Crippen LogP contribution >= 0.6 is 23.1 Å². The number of methoxy groups -OCH3 is 1. The summed E-state index contributed by atoms with van der Waals surface area (Å²) in [6.45, 7) is 2.27. The molecule has 0 fully saturated rings. The summed E-state index contributed by atoms with van der Waals surface area (Å²) < 4.78 is 10.6. The van der Waals surface area contributed by atoms with Crippen LogP contribution in [0, 0.1) is 6.92 Å². The molecule has 0 aliphatic heterocycles. The third kappa shape index (κ3) is 5.08. The van der Waals surface area contributed by atoms with E-state index in [2.05, 4.69) is 20.5 Å². The number of benzene rings is 1. The average Bonchev–Trinajstić information content (AvgIpc) is 3.47. The lowest BCUT2D eigenvalue weighted by Gasteiger charge is -2.06. The zero-order valence-corrected chi connectivity index (χ0v) is 18.8. The van der Waals surface area contributed by atoms with Gasteiger partial charge in [-0.25, -0.2) is 9.78 Å². The first-order valence-corrected chi connectivity index (χ1v) is 11.6. The molecule has 0 saturated heterocycles. The van der Waals surface area contributed by atoms with Gasteiger partial charge in [0.15, 0.2) is 5.82 Å². The third-order valence-corrected chi connectivity index (χ3v) is 6.86. The monoisotopic (exact) mass is 458 g/mol. The predicted octanol–water partition coefficient (Wildman–Crippen LogP) is 3.76. The number of fused-ring (bicyclic) bond motifs is 1. The molecule has 10 heteroatoms. The Labute approximate surface area is 187 Å². The summed E-state index contributed by atoms with van der Waals surface area (Å²) in [6.07, 6.45) is 2.79. The van der Waals surface area contributed by atoms with E-state index in [0.717, 1.165) is 41.0 Å². The quantitative estimate of drug-likeness (QED) is 0.391. The molecule has 0 atom stereocenters. The number of nitrogens with zero attached hydrogens (tertiary/aromatic N) is 2. The van der Waals surface area contributed by atoms with Gasteiger partial charge >= 0.3 is 5.97 Å². The number of nitrogens with one attached hydrogen (secondary N) is 2.